The molecule has 0 bridgehead atoms. The number of hydrogen-bond donors (Lipinski definition) is 0. The topological polar surface area (TPSA) is 15.6 Å². The second-order valence-corrected chi connectivity index (χ2v) is 4.09. The minimum atomic E-state index is 0.342. The van der Waals surface area contributed by atoms with Gasteiger partial charge in [0.2, 0.25) is 0 Å². The molecule has 12 heavy (non-hydrogen) atoms. The first-order chi connectivity index (χ1) is 5.85. The van der Waals surface area contributed by atoms with Crippen molar-refractivity contribution in [1.29, 1.82) is 0 Å². The van der Waals surface area contributed by atoms with Crippen molar-refractivity contribution in [3.8, 4) is 0 Å². The Bertz CT molecular complexity index is 180. The summed E-state index contributed by atoms with van der Waals surface area (Å²) < 4.78 is 0. The molecule has 0 atom stereocenters. The monoisotopic (exact) mass is 166 g/mol. The third kappa shape index (κ3) is 1.35. The smallest absolute Gasteiger partial charge is 0.0858 e. The molecule has 1 saturated carbocycles. The molecule has 68 valence electrons. The van der Waals surface area contributed by atoms with Gasteiger partial charge < -0.3 is 4.90 Å². The highest BCUT2D eigenvalue weighted by molar-refractivity contribution is 5.59. The fraction of sp³-hybridized carbons (Fsp3) is 0.900. The Morgan fingerprint density at radius 2 is 2.08 bits per heavy atom. The Labute approximate surface area is 74.7 Å². The summed E-state index contributed by atoms with van der Waals surface area (Å²) in [4.78, 5) is 7.02. The van der Waals surface area contributed by atoms with Gasteiger partial charge in [-0.2, -0.15) is 0 Å². The van der Waals surface area contributed by atoms with Crippen molar-refractivity contribution in [2.24, 2.45) is 4.99 Å². The predicted molar refractivity (Wildman–Crippen MR) is 51.6 cm³/mol. The summed E-state index contributed by atoms with van der Waals surface area (Å²) in [5.41, 5.74) is 0.342. The summed E-state index contributed by atoms with van der Waals surface area (Å²) in [6, 6.07) is 0. The van der Waals surface area contributed by atoms with E-state index in [9.17, 15) is 0 Å². The van der Waals surface area contributed by atoms with E-state index in [4.69, 9.17) is 0 Å². The summed E-state index contributed by atoms with van der Waals surface area (Å²) in [7, 11) is 0. The number of nitrogens with zero attached hydrogens (tertiary/aromatic N) is 2. The molecule has 0 N–H and O–H groups in total. The van der Waals surface area contributed by atoms with Gasteiger partial charge in [-0.05, 0) is 19.8 Å². The molecule has 1 aliphatic heterocycles. The van der Waals surface area contributed by atoms with Crippen molar-refractivity contribution in [1.82, 2.24) is 4.90 Å². The molecule has 1 spiro atoms. The Balaban J connectivity index is 1.99. The summed E-state index contributed by atoms with van der Waals surface area (Å²) >= 11 is 0. The standard InChI is InChI=1S/C10H18N2/c1-2-12-8-10(11-9-12)6-4-3-5-7-10/h9H,2-8H2,1H3. The second-order valence-electron chi connectivity index (χ2n) is 4.09. The van der Waals surface area contributed by atoms with Gasteiger partial charge >= 0.3 is 0 Å². The van der Waals surface area contributed by atoms with E-state index in [1.807, 2.05) is 0 Å². The van der Waals surface area contributed by atoms with E-state index >= 15 is 0 Å². The lowest BCUT2D eigenvalue weighted by atomic mass is 9.82. The van der Waals surface area contributed by atoms with Crippen molar-refractivity contribution in [3.63, 3.8) is 0 Å². The van der Waals surface area contributed by atoms with Crippen molar-refractivity contribution >= 4 is 6.34 Å². The van der Waals surface area contributed by atoms with Crippen LogP contribution < -0.4 is 0 Å². The normalized spacial score (nSPS) is 26.9. The number of aliphatic imine (C=N–C) groups is 1. The molecule has 0 saturated heterocycles. The Kier molecular flexibility index (Phi) is 2.07. The van der Waals surface area contributed by atoms with E-state index in [-0.39, 0.29) is 0 Å². The average molecular weight is 166 g/mol. The third-order valence-electron chi connectivity index (χ3n) is 3.18. The highest BCUT2D eigenvalue weighted by Gasteiger charge is 2.35. The van der Waals surface area contributed by atoms with Gasteiger partial charge in [0.15, 0.2) is 0 Å². The van der Waals surface area contributed by atoms with E-state index in [1.54, 1.807) is 0 Å². The van der Waals surface area contributed by atoms with Crippen LogP contribution in [0.2, 0.25) is 0 Å². The zero-order chi connectivity index (χ0) is 8.44. The van der Waals surface area contributed by atoms with Crippen LogP contribution in [-0.4, -0.2) is 29.9 Å². The van der Waals surface area contributed by atoms with Crippen LogP contribution in [0.1, 0.15) is 39.0 Å². The molecule has 0 aromatic rings. The lowest BCUT2D eigenvalue weighted by Gasteiger charge is -2.31. The van der Waals surface area contributed by atoms with Crippen LogP contribution in [0.3, 0.4) is 0 Å². The molecule has 2 heteroatoms. The maximum Gasteiger partial charge on any atom is 0.0858 e. The Morgan fingerprint density at radius 1 is 1.33 bits per heavy atom. The van der Waals surface area contributed by atoms with Gasteiger partial charge in [-0.1, -0.05) is 19.3 Å². The van der Waals surface area contributed by atoms with Crippen LogP contribution in [0.25, 0.3) is 0 Å². The summed E-state index contributed by atoms with van der Waals surface area (Å²) in [5, 5.41) is 0. The van der Waals surface area contributed by atoms with Crippen LogP contribution in [0, 0.1) is 0 Å². The van der Waals surface area contributed by atoms with Gasteiger partial charge in [0, 0.05) is 13.1 Å². The molecular formula is C10H18N2. The quantitative estimate of drug-likeness (QED) is 0.582. The molecule has 0 amide bonds. The van der Waals surface area contributed by atoms with Crippen LogP contribution in [-0.2, 0) is 0 Å². The van der Waals surface area contributed by atoms with E-state index < -0.39 is 0 Å². The van der Waals surface area contributed by atoms with Crippen molar-refractivity contribution in [2.75, 3.05) is 13.1 Å². The van der Waals surface area contributed by atoms with Gasteiger partial charge in [0.1, 0.15) is 0 Å². The number of hydrogen-bond acceptors (Lipinski definition) is 2. The van der Waals surface area contributed by atoms with Gasteiger partial charge in [0.25, 0.3) is 0 Å². The van der Waals surface area contributed by atoms with Crippen LogP contribution in [0.5, 0.6) is 0 Å². The summed E-state index contributed by atoms with van der Waals surface area (Å²) in [6.45, 7) is 4.50. The first-order valence-corrected chi connectivity index (χ1v) is 5.14. The Morgan fingerprint density at radius 3 is 2.67 bits per heavy atom. The average Bonchev–Trinajstić information content (AvgIpc) is 2.50. The molecule has 2 nitrogen and oxygen atoms in total. The molecule has 2 rings (SSSR count). The zero-order valence-corrected chi connectivity index (χ0v) is 7.92. The lowest BCUT2D eigenvalue weighted by molar-refractivity contribution is 0.267. The fourth-order valence-corrected chi connectivity index (χ4v) is 2.35. The largest absolute Gasteiger partial charge is 0.361 e. The van der Waals surface area contributed by atoms with Crippen LogP contribution in [0.4, 0.5) is 0 Å². The SMILES string of the molecule is CCN1C=NC2(CCCCC2)C1. The fourth-order valence-electron chi connectivity index (χ4n) is 2.35. The maximum atomic E-state index is 4.68. The third-order valence-corrected chi connectivity index (χ3v) is 3.18. The van der Waals surface area contributed by atoms with E-state index in [0.717, 1.165) is 6.54 Å². The molecule has 0 unspecified atom stereocenters. The molecule has 0 aromatic heterocycles. The Hall–Kier alpha value is -0.530. The van der Waals surface area contributed by atoms with Crippen molar-refractivity contribution in [3.05, 3.63) is 0 Å². The van der Waals surface area contributed by atoms with Gasteiger partial charge in [-0.25, -0.2) is 0 Å². The predicted octanol–water partition coefficient (Wildman–Crippen LogP) is 2.05. The molecular weight excluding hydrogens is 148 g/mol. The number of likely N-dealkylation sites (N-methyl/N-ethyl adjacent to an activating group) is 1. The van der Waals surface area contributed by atoms with Crippen LogP contribution in [0.15, 0.2) is 4.99 Å². The molecule has 0 aromatic carbocycles. The molecule has 1 aliphatic carbocycles. The molecule has 0 radical (unpaired) electrons. The van der Waals surface area contributed by atoms with Crippen LogP contribution >= 0.6 is 0 Å². The van der Waals surface area contributed by atoms with Gasteiger partial charge in [-0.3, -0.25) is 4.99 Å². The molecule has 2 aliphatic rings. The van der Waals surface area contributed by atoms with E-state index in [0.29, 0.717) is 5.54 Å². The zero-order valence-electron chi connectivity index (χ0n) is 7.92. The first kappa shape index (κ1) is 8.09. The molecule has 1 heterocycles. The lowest BCUT2D eigenvalue weighted by Crippen LogP contribution is -2.36. The van der Waals surface area contributed by atoms with E-state index in [1.165, 1.54) is 38.6 Å². The van der Waals surface area contributed by atoms with Gasteiger partial charge in [-0.15, -0.1) is 0 Å². The maximum absolute atomic E-state index is 4.68. The van der Waals surface area contributed by atoms with E-state index in [2.05, 4.69) is 23.2 Å². The number of rotatable bonds is 1. The minimum Gasteiger partial charge on any atom is -0.361 e. The van der Waals surface area contributed by atoms with Crippen molar-refractivity contribution in [2.45, 2.75) is 44.6 Å². The minimum absolute atomic E-state index is 0.342. The highest BCUT2D eigenvalue weighted by Crippen LogP contribution is 2.34. The summed E-state index contributed by atoms with van der Waals surface area (Å²) in [6.07, 6.45) is 8.89. The second kappa shape index (κ2) is 3.08. The van der Waals surface area contributed by atoms with Crippen molar-refractivity contribution < 1.29 is 0 Å². The highest BCUT2D eigenvalue weighted by atomic mass is 15.2. The van der Waals surface area contributed by atoms with Gasteiger partial charge in [0.05, 0.1) is 11.9 Å². The summed E-state index contributed by atoms with van der Waals surface area (Å²) in [5.74, 6) is 0. The first-order valence-electron chi connectivity index (χ1n) is 5.14. The molecule has 1 fully saturated rings.